The fourth-order valence-corrected chi connectivity index (χ4v) is 1.95. The normalized spacial score (nSPS) is 12.5. The van der Waals surface area contributed by atoms with Crippen LogP contribution < -0.4 is 0 Å². The van der Waals surface area contributed by atoms with Crippen LogP contribution in [0.4, 0.5) is 4.79 Å². The highest BCUT2D eigenvalue weighted by Gasteiger charge is 2.33. The molecular weight excluding hydrogens is 276 g/mol. The van der Waals surface area contributed by atoms with Crippen molar-refractivity contribution >= 4 is 12.1 Å². The molecule has 0 heterocycles. The van der Waals surface area contributed by atoms with Crippen molar-refractivity contribution < 1.29 is 28.8 Å². The molecule has 6 heteroatoms. The van der Waals surface area contributed by atoms with E-state index in [-0.39, 0.29) is 5.41 Å². The average Bonchev–Trinajstić information content (AvgIpc) is 2.20. The quantitative estimate of drug-likeness (QED) is 0.245. The highest BCUT2D eigenvalue weighted by molar-refractivity contribution is 5.80. The van der Waals surface area contributed by atoms with Gasteiger partial charge >= 0.3 is 12.1 Å². The Kier molecular flexibility index (Phi) is 6.42. The first-order chi connectivity index (χ1) is 9.26. The van der Waals surface area contributed by atoms with Crippen molar-refractivity contribution in [2.45, 2.75) is 66.3 Å². The van der Waals surface area contributed by atoms with Crippen LogP contribution in [0.15, 0.2) is 12.7 Å². The summed E-state index contributed by atoms with van der Waals surface area (Å²) in [5.41, 5.74) is -0.696. The van der Waals surface area contributed by atoms with Gasteiger partial charge in [-0.05, 0) is 25.7 Å². The van der Waals surface area contributed by atoms with Gasteiger partial charge in [0.25, 0.3) is 5.79 Å². The lowest BCUT2D eigenvalue weighted by molar-refractivity contribution is -0.379. The van der Waals surface area contributed by atoms with Crippen LogP contribution in [-0.2, 0) is 24.0 Å². The van der Waals surface area contributed by atoms with E-state index >= 15 is 0 Å². The summed E-state index contributed by atoms with van der Waals surface area (Å²) in [6.45, 7) is 15.8. The summed E-state index contributed by atoms with van der Waals surface area (Å²) >= 11 is 0. The van der Waals surface area contributed by atoms with Crippen LogP contribution in [0, 0.1) is 5.41 Å². The Morgan fingerprint density at radius 1 is 1.00 bits per heavy atom. The van der Waals surface area contributed by atoms with Crippen LogP contribution in [0.2, 0.25) is 0 Å². The Balaban J connectivity index is 4.47. The Morgan fingerprint density at radius 3 is 1.95 bits per heavy atom. The Bertz CT molecular complexity index is 389. The zero-order valence-electron chi connectivity index (χ0n) is 13.9. The van der Waals surface area contributed by atoms with Gasteiger partial charge in [-0.2, -0.15) is 0 Å². The summed E-state index contributed by atoms with van der Waals surface area (Å²) in [5, 5.41) is 0. The molecule has 0 fully saturated rings. The van der Waals surface area contributed by atoms with Gasteiger partial charge in [-0.15, -0.1) is 4.89 Å². The average molecular weight is 302 g/mol. The molecule has 6 nitrogen and oxygen atoms in total. The molecular formula is C15H26O6. The van der Waals surface area contributed by atoms with E-state index in [1.54, 1.807) is 13.8 Å². The molecule has 0 amide bonds. The van der Waals surface area contributed by atoms with Crippen molar-refractivity contribution in [1.29, 1.82) is 0 Å². The van der Waals surface area contributed by atoms with E-state index in [0.717, 1.165) is 6.08 Å². The second-order valence-electron chi connectivity index (χ2n) is 7.04. The molecule has 0 saturated carbocycles. The van der Waals surface area contributed by atoms with Crippen molar-refractivity contribution in [3.8, 4) is 0 Å². The van der Waals surface area contributed by atoms with Crippen LogP contribution in [0.1, 0.15) is 54.9 Å². The summed E-state index contributed by atoms with van der Waals surface area (Å²) < 4.78 is 10.3. The standard InChI is InChI=1S/C15H26O6/c1-9-11(16)20-21-15(7,8)19-12(17)18-14(5,6)10-13(2,3)4/h9H,1,10H2,2-8H3. The maximum atomic E-state index is 11.8. The van der Waals surface area contributed by atoms with Crippen molar-refractivity contribution in [3.05, 3.63) is 12.7 Å². The molecule has 0 radical (unpaired) electrons. The summed E-state index contributed by atoms with van der Waals surface area (Å²) in [4.78, 5) is 31.8. The largest absolute Gasteiger partial charge is 0.511 e. The van der Waals surface area contributed by atoms with Gasteiger partial charge in [0.2, 0.25) is 0 Å². The molecule has 0 atom stereocenters. The summed E-state index contributed by atoms with van der Waals surface area (Å²) in [6, 6.07) is 0. The smallest absolute Gasteiger partial charge is 0.428 e. The van der Waals surface area contributed by atoms with Gasteiger partial charge < -0.3 is 9.47 Å². The molecule has 0 aromatic heterocycles. The molecule has 0 N–H and O–H groups in total. The molecule has 0 aliphatic carbocycles. The minimum atomic E-state index is -1.46. The molecule has 0 aromatic carbocycles. The van der Waals surface area contributed by atoms with Crippen LogP contribution in [0.3, 0.4) is 0 Å². The first-order valence-electron chi connectivity index (χ1n) is 6.70. The molecule has 0 unspecified atom stereocenters. The van der Waals surface area contributed by atoms with Gasteiger partial charge in [-0.1, -0.05) is 27.4 Å². The number of carbonyl (C=O) groups is 2. The number of hydrogen-bond donors (Lipinski definition) is 0. The van der Waals surface area contributed by atoms with Crippen molar-refractivity contribution in [1.82, 2.24) is 0 Å². The maximum Gasteiger partial charge on any atom is 0.511 e. The number of hydrogen-bond acceptors (Lipinski definition) is 6. The fraction of sp³-hybridized carbons (Fsp3) is 0.733. The molecule has 21 heavy (non-hydrogen) atoms. The minimum absolute atomic E-state index is 0.00467. The number of ether oxygens (including phenoxy) is 2. The zero-order valence-corrected chi connectivity index (χ0v) is 13.9. The lowest BCUT2D eigenvalue weighted by Gasteiger charge is -2.32. The predicted octanol–water partition coefficient (Wildman–Crippen LogP) is 3.75. The second-order valence-corrected chi connectivity index (χ2v) is 7.04. The van der Waals surface area contributed by atoms with Gasteiger partial charge in [0.15, 0.2) is 0 Å². The van der Waals surface area contributed by atoms with Crippen LogP contribution in [0.5, 0.6) is 0 Å². The van der Waals surface area contributed by atoms with Crippen molar-refractivity contribution in [2.24, 2.45) is 5.41 Å². The second kappa shape index (κ2) is 6.93. The maximum absolute atomic E-state index is 11.8. The third-order valence-corrected chi connectivity index (χ3v) is 2.14. The summed E-state index contributed by atoms with van der Waals surface area (Å²) in [6.07, 6.45) is 0.687. The van der Waals surface area contributed by atoms with Crippen molar-refractivity contribution in [3.63, 3.8) is 0 Å². The minimum Gasteiger partial charge on any atom is -0.428 e. The lowest BCUT2D eigenvalue weighted by atomic mass is 9.84. The van der Waals surface area contributed by atoms with Gasteiger partial charge in [0.05, 0.1) is 0 Å². The molecule has 0 saturated heterocycles. The molecule has 0 aromatic rings. The summed E-state index contributed by atoms with van der Waals surface area (Å²) in [5.74, 6) is -2.25. The summed E-state index contributed by atoms with van der Waals surface area (Å²) in [7, 11) is 0. The topological polar surface area (TPSA) is 71.1 Å². The SMILES string of the molecule is C=CC(=O)OOC(C)(C)OC(=O)OC(C)(C)CC(C)(C)C. The third-order valence-electron chi connectivity index (χ3n) is 2.14. The van der Waals surface area contributed by atoms with E-state index in [2.05, 4.69) is 11.5 Å². The van der Waals surface area contributed by atoms with Crippen LogP contribution in [0.25, 0.3) is 0 Å². The molecule has 122 valence electrons. The molecule has 0 aliphatic rings. The fourth-order valence-electron chi connectivity index (χ4n) is 1.95. The number of rotatable bonds is 6. The molecule has 0 spiro atoms. The van der Waals surface area contributed by atoms with E-state index < -0.39 is 23.5 Å². The predicted molar refractivity (Wildman–Crippen MR) is 77.2 cm³/mol. The van der Waals surface area contributed by atoms with E-state index in [9.17, 15) is 9.59 Å². The monoisotopic (exact) mass is 302 g/mol. The van der Waals surface area contributed by atoms with E-state index in [4.69, 9.17) is 14.4 Å². The van der Waals surface area contributed by atoms with Gasteiger partial charge in [-0.25, -0.2) is 9.59 Å². The van der Waals surface area contributed by atoms with Gasteiger partial charge in [0, 0.05) is 19.9 Å². The lowest BCUT2D eigenvalue weighted by Crippen LogP contribution is -2.38. The Labute approximate surface area is 126 Å². The van der Waals surface area contributed by atoms with Crippen molar-refractivity contribution in [2.75, 3.05) is 0 Å². The van der Waals surface area contributed by atoms with E-state index in [1.807, 2.05) is 20.8 Å². The van der Waals surface area contributed by atoms with E-state index in [0.29, 0.717) is 6.42 Å². The van der Waals surface area contributed by atoms with E-state index in [1.165, 1.54) is 13.8 Å². The number of carbonyl (C=O) groups excluding carboxylic acids is 2. The molecule has 0 aliphatic heterocycles. The van der Waals surface area contributed by atoms with Gasteiger partial charge in [-0.3, -0.25) is 4.89 Å². The van der Waals surface area contributed by atoms with Crippen LogP contribution >= 0.6 is 0 Å². The van der Waals surface area contributed by atoms with Crippen LogP contribution in [-0.4, -0.2) is 23.5 Å². The zero-order chi connectivity index (χ0) is 16.9. The molecule has 0 bridgehead atoms. The third kappa shape index (κ3) is 9.90. The highest BCUT2D eigenvalue weighted by atomic mass is 17.2. The first-order valence-corrected chi connectivity index (χ1v) is 6.70. The highest BCUT2D eigenvalue weighted by Crippen LogP contribution is 2.30. The first kappa shape index (κ1) is 19.4. The van der Waals surface area contributed by atoms with Gasteiger partial charge in [0.1, 0.15) is 5.60 Å². The Hall–Kier alpha value is -1.56. The molecule has 0 rings (SSSR count). The Morgan fingerprint density at radius 2 is 1.52 bits per heavy atom.